The van der Waals surface area contributed by atoms with Gasteiger partial charge in [-0.3, -0.25) is 4.79 Å². The summed E-state index contributed by atoms with van der Waals surface area (Å²) in [5, 5.41) is 0. The fourth-order valence-electron chi connectivity index (χ4n) is 1.65. The molecule has 0 unspecified atom stereocenters. The van der Waals surface area contributed by atoms with Crippen LogP contribution in [0.25, 0.3) is 0 Å². The molecule has 0 saturated heterocycles. The molecule has 0 rings (SSSR count). The average molecular weight is 476 g/mol. The summed E-state index contributed by atoms with van der Waals surface area (Å²) in [5.74, 6) is -38.9. The summed E-state index contributed by atoms with van der Waals surface area (Å²) in [5.41, 5.74) is -1.37. The highest BCUT2D eigenvalue weighted by Crippen LogP contribution is 2.60. The van der Waals surface area contributed by atoms with E-state index in [-0.39, 0.29) is 0 Å². The second kappa shape index (κ2) is 7.92. The quantitative estimate of drug-likeness (QED) is 0.287. The van der Waals surface area contributed by atoms with E-state index in [1.807, 2.05) is 0 Å². The van der Waals surface area contributed by atoms with Crippen LogP contribution in [0, 0.1) is 11.3 Å². The molecular formula is C15H17F13O2. The van der Waals surface area contributed by atoms with E-state index in [2.05, 4.69) is 4.74 Å². The highest BCUT2D eigenvalue weighted by Gasteiger charge is 2.90. The summed E-state index contributed by atoms with van der Waals surface area (Å²) in [6.07, 6.45) is -10.0. The monoisotopic (exact) mass is 476 g/mol. The molecule has 2 nitrogen and oxygen atoms in total. The first-order chi connectivity index (χ1) is 12.8. The Bertz CT molecular complexity index is 621. The summed E-state index contributed by atoms with van der Waals surface area (Å²) in [4.78, 5) is 11.7. The van der Waals surface area contributed by atoms with Crippen molar-refractivity contribution in [2.45, 2.75) is 69.9 Å². The Morgan fingerprint density at radius 1 is 0.700 bits per heavy atom. The summed E-state index contributed by atoms with van der Waals surface area (Å²) < 4.78 is 172. The molecule has 0 radical (unpaired) electrons. The summed E-state index contributed by atoms with van der Waals surface area (Å²) in [7, 11) is 0. The van der Waals surface area contributed by atoms with E-state index in [0.717, 1.165) is 0 Å². The van der Waals surface area contributed by atoms with Crippen molar-refractivity contribution in [2.75, 3.05) is 6.61 Å². The number of ether oxygens (including phenoxy) is 1. The maximum atomic E-state index is 13.5. The molecule has 0 atom stereocenters. The van der Waals surface area contributed by atoms with Gasteiger partial charge in [-0.05, 0) is 19.8 Å². The predicted octanol–water partition coefficient (Wildman–Crippen LogP) is 6.34. The van der Waals surface area contributed by atoms with Gasteiger partial charge in [0.05, 0.1) is 18.4 Å². The number of hydrogen-bond acceptors (Lipinski definition) is 2. The minimum Gasteiger partial charge on any atom is -0.465 e. The Morgan fingerprint density at radius 3 is 1.40 bits per heavy atom. The molecule has 0 spiro atoms. The third-order valence-corrected chi connectivity index (χ3v) is 4.62. The molecule has 0 heterocycles. The van der Waals surface area contributed by atoms with Gasteiger partial charge in [0.25, 0.3) is 0 Å². The Morgan fingerprint density at radius 2 is 1.07 bits per heavy atom. The average Bonchev–Trinajstić information content (AvgIpc) is 2.52. The van der Waals surface area contributed by atoms with Crippen LogP contribution < -0.4 is 0 Å². The maximum Gasteiger partial charge on any atom is 0.460 e. The highest BCUT2D eigenvalue weighted by molar-refractivity contribution is 5.76. The molecule has 0 aliphatic heterocycles. The normalized spacial score (nSPS) is 15.5. The van der Waals surface area contributed by atoms with Crippen LogP contribution in [0.4, 0.5) is 57.1 Å². The number of alkyl halides is 13. The van der Waals surface area contributed by atoms with Crippen molar-refractivity contribution >= 4 is 5.97 Å². The van der Waals surface area contributed by atoms with E-state index in [9.17, 15) is 61.9 Å². The number of carbonyl (C=O) groups excluding carboxylic acids is 1. The van der Waals surface area contributed by atoms with Crippen molar-refractivity contribution in [1.82, 2.24) is 0 Å². The van der Waals surface area contributed by atoms with E-state index >= 15 is 0 Å². The van der Waals surface area contributed by atoms with Gasteiger partial charge in [-0.1, -0.05) is 13.8 Å². The van der Waals surface area contributed by atoms with E-state index in [4.69, 9.17) is 0 Å². The summed E-state index contributed by atoms with van der Waals surface area (Å²) in [6, 6.07) is 0. The van der Waals surface area contributed by atoms with Gasteiger partial charge >= 0.3 is 41.8 Å². The first-order valence-corrected chi connectivity index (χ1v) is 7.95. The lowest BCUT2D eigenvalue weighted by atomic mass is 9.81. The second-order valence-electron chi connectivity index (χ2n) is 7.26. The van der Waals surface area contributed by atoms with Gasteiger partial charge in [-0.25, -0.2) is 0 Å². The Labute approximate surface area is 161 Å². The fourth-order valence-corrected chi connectivity index (χ4v) is 1.65. The zero-order valence-corrected chi connectivity index (χ0v) is 15.7. The van der Waals surface area contributed by atoms with Crippen molar-refractivity contribution in [1.29, 1.82) is 0 Å². The van der Waals surface area contributed by atoms with Gasteiger partial charge in [0, 0.05) is 0 Å². The van der Waals surface area contributed by atoms with Crippen LogP contribution in [0.5, 0.6) is 0 Å². The Kier molecular flexibility index (Phi) is 7.54. The molecule has 30 heavy (non-hydrogen) atoms. The molecule has 0 aromatic rings. The molecule has 0 aromatic heterocycles. The first kappa shape index (κ1) is 28.6. The maximum absolute atomic E-state index is 13.5. The van der Waals surface area contributed by atoms with Crippen LogP contribution >= 0.6 is 0 Å². The van der Waals surface area contributed by atoms with Crippen molar-refractivity contribution < 1.29 is 66.6 Å². The van der Waals surface area contributed by atoms with Gasteiger partial charge in [-0.2, -0.15) is 57.1 Å². The molecule has 0 aliphatic carbocycles. The van der Waals surface area contributed by atoms with E-state index in [1.165, 1.54) is 27.7 Å². The molecular weight excluding hydrogens is 459 g/mol. The number of carbonyl (C=O) groups is 1. The fraction of sp³-hybridized carbons (Fsp3) is 0.933. The molecule has 0 N–H and O–H groups in total. The van der Waals surface area contributed by atoms with Crippen LogP contribution in [0.2, 0.25) is 0 Å². The van der Waals surface area contributed by atoms with Crippen molar-refractivity contribution in [3.63, 3.8) is 0 Å². The largest absolute Gasteiger partial charge is 0.465 e. The third-order valence-electron chi connectivity index (χ3n) is 4.62. The number of hydrogen-bond donors (Lipinski definition) is 0. The SMILES string of the molecule is CC(C)C(C)(C)C(=O)OCCC(F)(F)C(F)(F)C(F)(F)C(F)(F)C(F)(F)C(F)(F)F. The minimum atomic E-state index is -7.94. The van der Waals surface area contributed by atoms with E-state index < -0.39 is 66.1 Å². The Balaban J connectivity index is 5.74. The van der Waals surface area contributed by atoms with Crippen molar-refractivity contribution in [2.24, 2.45) is 11.3 Å². The third kappa shape index (κ3) is 4.43. The second-order valence-corrected chi connectivity index (χ2v) is 7.26. The van der Waals surface area contributed by atoms with Crippen molar-refractivity contribution in [3.05, 3.63) is 0 Å². The molecule has 0 bridgehead atoms. The number of esters is 1. The Hall–Kier alpha value is -1.44. The zero-order valence-electron chi connectivity index (χ0n) is 15.7. The van der Waals surface area contributed by atoms with Gasteiger partial charge in [0.1, 0.15) is 0 Å². The van der Waals surface area contributed by atoms with Gasteiger partial charge in [0.2, 0.25) is 0 Å². The number of halogens is 13. The van der Waals surface area contributed by atoms with E-state index in [1.54, 1.807) is 0 Å². The van der Waals surface area contributed by atoms with E-state index in [0.29, 0.717) is 0 Å². The molecule has 0 fully saturated rings. The molecule has 180 valence electrons. The lowest BCUT2D eigenvalue weighted by Crippen LogP contribution is -2.70. The summed E-state index contributed by atoms with van der Waals surface area (Å²) in [6.45, 7) is 3.66. The molecule has 0 aromatic carbocycles. The minimum absolute atomic E-state index is 0.487. The highest BCUT2D eigenvalue weighted by atomic mass is 19.4. The molecule has 0 aliphatic rings. The first-order valence-electron chi connectivity index (χ1n) is 7.95. The van der Waals surface area contributed by atoms with Crippen LogP contribution in [0.3, 0.4) is 0 Å². The van der Waals surface area contributed by atoms with Crippen LogP contribution in [-0.2, 0) is 9.53 Å². The standard InChI is InChI=1S/C15H17F13O2/c1-7(2)9(3,4)8(29)30-6-5-10(16,17)11(18,19)12(20,21)13(22,23)14(24,25)15(26,27)28/h7H,5-6H2,1-4H3. The molecule has 0 amide bonds. The molecule has 0 saturated carbocycles. The molecule has 15 heteroatoms. The van der Waals surface area contributed by atoms with Gasteiger partial charge in [0.15, 0.2) is 0 Å². The topological polar surface area (TPSA) is 26.3 Å². The number of rotatable bonds is 9. The lowest BCUT2D eigenvalue weighted by Gasteiger charge is -2.39. The van der Waals surface area contributed by atoms with Crippen molar-refractivity contribution in [3.8, 4) is 0 Å². The lowest BCUT2D eigenvalue weighted by molar-refractivity contribution is -0.440. The predicted molar refractivity (Wildman–Crippen MR) is 75.0 cm³/mol. The van der Waals surface area contributed by atoms with Crippen LogP contribution in [-0.4, -0.2) is 48.4 Å². The van der Waals surface area contributed by atoms with Gasteiger partial charge in [-0.15, -0.1) is 0 Å². The van der Waals surface area contributed by atoms with Crippen LogP contribution in [0.15, 0.2) is 0 Å². The smallest absolute Gasteiger partial charge is 0.460 e. The zero-order chi connectivity index (χ0) is 24.8. The van der Waals surface area contributed by atoms with Gasteiger partial charge < -0.3 is 4.74 Å². The van der Waals surface area contributed by atoms with Crippen LogP contribution in [0.1, 0.15) is 34.1 Å². The summed E-state index contributed by atoms with van der Waals surface area (Å²) >= 11 is 0.